The van der Waals surface area contributed by atoms with Crippen LogP contribution in [0.15, 0.2) is 0 Å². The normalized spacial score (nSPS) is 14.8. The summed E-state index contributed by atoms with van der Waals surface area (Å²) in [6.07, 6.45) is 9.10. The van der Waals surface area contributed by atoms with Crippen LogP contribution in [0.2, 0.25) is 0 Å². The Kier molecular flexibility index (Phi) is 18.5. The van der Waals surface area contributed by atoms with E-state index in [0.29, 0.717) is 29.6 Å². The van der Waals surface area contributed by atoms with Gasteiger partial charge in [0.15, 0.2) is 10.2 Å². The molecule has 0 saturated carbocycles. The zero-order valence-electron chi connectivity index (χ0n) is 20.6. The van der Waals surface area contributed by atoms with E-state index in [1.165, 1.54) is 0 Å². The van der Waals surface area contributed by atoms with Gasteiger partial charge in [0, 0.05) is 23.8 Å². The van der Waals surface area contributed by atoms with Crippen LogP contribution >= 0.6 is 31.3 Å². The van der Waals surface area contributed by atoms with Crippen LogP contribution in [0.5, 0.6) is 0 Å². The fourth-order valence-corrected chi connectivity index (χ4v) is 5.50. The van der Waals surface area contributed by atoms with Gasteiger partial charge in [0.2, 0.25) is 0 Å². The van der Waals surface area contributed by atoms with Gasteiger partial charge in [0.1, 0.15) is 13.2 Å². The monoisotopic (exact) mass is 513 g/mol. The van der Waals surface area contributed by atoms with Crippen LogP contribution in [0.25, 0.3) is 0 Å². The minimum atomic E-state index is -4.46. The number of hydrogen-bond donors (Lipinski definition) is 0. The molecule has 0 aromatic heterocycles. The van der Waals surface area contributed by atoms with Gasteiger partial charge in [-0.25, -0.2) is 0 Å². The smallest absolute Gasteiger partial charge is 0.268 e. The molecule has 0 aliphatic rings. The zero-order chi connectivity index (χ0) is 24.5. The van der Waals surface area contributed by atoms with Gasteiger partial charge in [-0.1, -0.05) is 75.9 Å². The Balaban J connectivity index is 4.63. The number of nitrogens with zero attached hydrogens (tertiary/aromatic N) is 1. The van der Waals surface area contributed by atoms with Crippen molar-refractivity contribution in [2.24, 2.45) is 0 Å². The predicted octanol–water partition coefficient (Wildman–Crippen LogP) is 5.02. The molecular weight excluding hydrogens is 469 g/mol. The predicted molar refractivity (Wildman–Crippen MR) is 134 cm³/mol. The number of hydrogen-bond acceptors (Lipinski definition) is 8. The number of carbonyl (C=O) groups is 2. The van der Waals surface area contributed by atoms with Gasteiger partial charge < -0.3 is 18.4 Å². The minimum Gasteiger partial charge on any atom is -0.756 e. The standard InChI is InChI=1S/C22H44NO6PS2/c1-6-8-10-12-14-21(24)31-19-20(32-22(25)15-13-11-9-7-2)18-29-30(26,27)28-17-16-23(3,4)5/h20H,6-19H2,1-5H3/t20-/m1/s1. The van der Waals surface area contributed by atoms with Gasteiger partial charge in [-0.15, -0.1) is 0 Å². The van der Waals surface area contributed by atoms with E-state index in [-0.39, 0.29) is 23.4 Å². The van der Waals surface area contributed by atoms with Crippen molar-refractivity contribution in [1.82, 2.24) is 0 Å². The minimum absolute atomic E-state index is 0.0115. The van der Waals surface area contributed by atoms with Gasteiger partial charge in [0.05, 0.1) is 27.7 Å². The lowest BCUT2D eigenvalue weighted by atomic mass is 10.2. The van der Waals surface area contributed by atoms with Crippen molar-refractivity contribution in [3.63, 3.8) is 0 Å². The zero-order valence-corrected chi connectivity index (χ0v) is 23.2. The molecule has 0 aliphatic heterocycles. The molecule has 0 aliphatic carbocycles. The Morgan fingerprint density at radius 3 is 2.00 bits per heavy atom. The molecule has 0 radical (unpaired) electrons. The average Bonchev–Trinajstić information content (AvgIpc) is 2.69. The highest BCUT2D eigenvalue weighted by Gasteiger charge is 2.21. The number of thioether (sulfide) groups is 2. The number of quaternary nitrogens is 1. The molecule has 0 spiro atoms. The first-order valence-corrected chi connectivity index (χ1v) is 15.1. The first kappa shape index (κ1) is 32.1. The van der Waals surface area contributed by atoms with Crippen LogP contribution in [-0.4, -0.2) is 66.6 Å². The summed E-state index contributed by atoms with van der Waals surface area (Å²) in [7, 11) is 1.36. The summed E-state index contributed by atoms with van der Waals surface area (Å²) in [5, 5.41) is -0.327. The second-order valence-electron chi connectivity index (χ2n) is 9.01. The lowest BCUT2D eigenvalue weighted by Gasteiger charge is -2.28. The number of rotatable bonds is 20. The number of phosphoric ester groups is 1. The highest BCUT2D eigenvalue weighted by atomic mass is 32.2. The molecule has 190 valence electrons. The lowest BCUT2D eigenvalue weighted by molar-refractivity contribution is -0.870. The third-order valence-corrected chi connectivity index (χ3v) is 8.00. The van der Waals surface area contributed by atoms with E-state index in [2.05, 4.69) is 13.8 Å². The van der Waals surface area contributed by atoms with Crippen molar-refractivity contribution in [3.05, 3.63) is 0 Å². The average molecular weight is 514 g/mol. The van der Waals surface area contributed by atoms with E-state index < -0.39 is 13.1 Å². The van der Waals surface area contributed by atoms with Gasteiger partial charge in [0.25, 0.3) is 7.82 Å². The lowest BCUT2D eigenvalue weighted by Crippen LogP contribution is -2.37. The molecule has 7 nitrogen and oxygen atoms in total. The van der Waals surface area contributed by atoms with E-state index in [9.17, 15) is 19.0 Å². The molecule has 0 bridgehead atoms. The van der Waals surface area contributed by atoms with E-state index in [0.717, 1.165) is 74.9 Å². The highest BCUT2D eigenvalue weighted by Crippen LogP contribution is 2.39. The Labute approximate surface area is 204 Å². The summed E-state index contributed by atoms with van der Waals surface area (Å²) in [4.78, 5) is 36.6. The van der Waals surface area contributed by atoms with Crippen LogP contribution in [-0.2, 0) is 23.2 Å². The number of phosphoric acid groups is 1. The van der Waals surface area contributed by atoms with E-state index in [1.807, 2.05) is 21.1 Å². The molecule has 2 atom stereocenters. The summed E-state index contributed by atoms with van der Waals surface area (Å²) in [5.41, 5.74) is 0. The molecule has 0 aromatic carbocycles. The van der Waals surface area contributed by atoms with Gasteiger partial charge >= 0.3 is 0 Å². The highest BCUT2D eigenvalue weighted by molar-refractivity contribution is 8.17. The number of likely N-dealkylation sites (N-methyl/N-ethyl adjacent to an activating group) is 1. The molecule has 0 heterocycles. The summed E-state index contributed by atoms with van der Waals surface area (Å²) < 4.78 is 22.7. The third-order valence-electron chi connectivity index (χ3n) is 4.63. The SMILES string of the molecule is CCCCCCC(=O)SC[C@@H](COP(=O)([O-])OCC[N+](C)(C)C)SC(=O)CCCCCC. The van der Waals surface area contributed by atoms with Gasteiger partial charge in [-0.3, -0.25) is 14.2 Å². The van der Waals surface area contributed by atoms with E-state index in [4.69, 9.17) is 9.05 Å². The van der Waals surface area contributed by atoms with Crippen molar-refractivity contribution in [2.75, 3.05) is 46.7 Å². The van der Waals surface area contributed by atoms with Crippen LogP contribution in [0.4, 0.5) is 0 Å². The molecule has 0 N–H and O–H groups in total. The van der Waals surface area contributed by atoms with Crippen LogP contribution in [0, 0.1) is 0 Å². The summed E-state index contributed by atoms with van der Waals surface area (Å²) in [5.74, 6) is 0.344. The summed E-state index contributed by atoms with van der Waals surface area (Å²) in [6.45, 7) is 4.62. The second-order valence-corrected chi connectivity index (χ2v) is 12.9. The number of carbonyl (C=O) groups excluding carboxylic acids is 2. The summed E-state index contributed by atoms with van der Waals surface area (Å²) >= 11 is 2.25. The van der Waals surface area contributed by atoms with Crippen LogP contribution in [0.1, 0.15) is 78.1 Å². The van der Waals surface area contributed by atoms with E-state index >= 15 is 0 Å². The van der Waals surface area contributed by atoms with Crippen molar-refractivity contribution in [3.8, 4) is 0 Å². The first-order chi connectivity index (χ1) is 15.0. The molecule has 0 aromatic rings. The maximum Gasteiger partial charge on any atom is 0.268 e. The molecular formula is C22H44NO6PS2. The van der Waals surface area contributed by atoms with Crippen molar-refractivity contribution in [1.29, 1.82) is 0 Å². The molecule has 0 amide bonds. The van der Waals surface area contributed by atoms with Gasteiger partial charge in [-0.2, -0.15) is 0 Å². The maximum atomic E-state index is 12.3. The molecule has 1 unspecified atom stereocenters. The Morgan fingerprint density at radius 1 is 0.906 bits per heavy atom. The quantitative estimate of drug-likeness (QED) is 0.127. The third kappa shape index (κ3) is 20.7. The van der Waals surface area contributed by atoms with Crippen LogP contribution in [0.3, 0.4) is 0 Å². The second kappa shape index (κ2) is 18.4. The van der Waals surface area contributed by atoms with Crippen molar-refractivity contribution >= 4 is 41.6 Å². The largest absolute Gasteiger partial charge is 0.756 e. The topological polar surface area (TPSA) is 92.7 Å². The molecule has 0 rings (SSSR count). The summed E-state index contributed by atoms with van der Waals surface area (Å²) in [6, 6.07) is 0. The van der Waals surface area contributed by atoms with Crippen LogP contribution < -0.4 is 4.89 Å². The fraction of sp³-hybridized carbons (Fsp3) is 0.909. The number of unbranched alkanes of at least 4 members (excludes halogenated alkanes) is 6. The maximum absolute atomic E-state index is 12.3. The molecule has 0 saturated heterocycles. The van der Waals surface area contributed by atoms with Gasteiger partial charge in [-0.05, 0) is 12.8 Å². The fourth-order valence-electron chi connectivity index (χ4n) is 2.65. The van der Waals surface area contributed by atoms with Crippen molar-refractivity contribution < 1.29 is 32.6 Å². The molecule has 0 fully saturated rings. The van der Waals surface area contributed by atoms with Crippen molar-refractivity contribution in [2.45, 2.75) is 83.3 Å². The van der Waals surface area contributed by atoms with E-state index in [1.54, 1.807) is 0 Å². The molecule has 32 heavy (non-hydrogen) atoms. The first-order valence-electron chi connectivity index (χ1n) is 11.7. The molecule has 10 heteroatoms. The Bertz CT molecular complexity index is 571. The Morgan fingerprint density at radius 2 is 1.47 bits per heavy atom. The Hall–Kier alpha value is 0.110.